The van der Waals surface area contributed by atoms with Gasteiger partial charge in [0.1, 0.15) is 4.90 Å². The Labute approximate surface area is 115 Å². The van der Waals surface area contributed by atoms with E-state index in [-0.39, 0.29) is 10.6 Å². The molecule has 6 heteroatoms. The SMILES string of the molecule is CCCCC(CC)CNS(=O)(=O)c1cnccc1N. The lowest BCUT2D eigenvalue weighted by atomic mass is 10.00. The Morgan fingerprint density at radius 1 is 1.42 bits per heavy atom. The number of anilines is 1. The molecule has 1 heterocycles. The number of nitrogens with two attached hydrogens (primary N) is 1. The number of aromatic nitrogens is 1. The van der Waals surface area contributed by atoms with E-state index < -0.39 is 10.0 Å². The summed E-state index contributed by atoms with van der Waals surface area (Å²) >= 11 is 0. The number of nitrogens with one attached hydrogen (secondary N) is 1. The molecule has 19 heavy (non-hydrogen) atoms. The Morgan fingerprint density at radius 3 is 2.74 bits per heavy atom. The molecule has 1 atom stereocenters. The molecule has 0 radical (unpaired) electrons. The fourth-order valence-electron chi connectivity index (χ4n) is 1.86. The molecular formula is C13H23N3O2S. The van der Waals surface area contributed by atoms with Crippen LogP contribution < -0.4 is 10.5 Å². The molecule has 1 aromatic rings. The van der Waals surface area contributed by atoms with Crippen LogP contribution in [-0.2, 0) is 10.0 Å². The molecule has 108 valence electrons. The van der Waals surface area contributed by atoms with Gasteiger partial charge in [-0.25, -0.2) is 13.1 Å². The standard InChI is InChI=1S/C13H23N3O2S/c1-3-5-6-11(4-2)9-16-19(17,18)13-10-15-8-7-12(13)14/h7-8,10-11,16H,3-6,9H2,1-2H3,(H2,14,15). The molecular weight excluding hydrogens is 262 g/mol. The average molecular weight is 285 g/mol. The lowest BCUT2D eigenvalue weighted by molar-refractivity contribution is 0.444. The maximum Gasteiger partial charge on any atom is 0.244 e. The lowest BCUT2D eigenvalue weighted by Crippen LogP contribution is -2.30. The fourth-order valence-corrected chi connectivity index (χ4v) is 3.05. The molecule has 0 aliphatic rings. The zero-order valence-electron chi connectivity index (χ0n) is 11.6. The summed E-state index contributed by atoms with van der Waals surface area (Å²) in [6, 6.07) is 1.49. The minimum atomic E-state index is -3.56. The van der Waals surface area contributed by atoms with E-state index in [1.807, 2.05) is 0 Å². The summed E-state index contributed by atoms with van der Waals surface area (Å²) in [5.74, 6) is 0.368. The highest BCUT2D eigenvalue weighted by Crippen LogP contribution is 2.17. The first-order valence-electron chi connectivity index (χ1n) is 6.70. The van der Waals surface area contributed by atoms with Gasteiger partial charge in [-0.15, -0.1) is 0 Å². The van der Waals surface area contributed by atoms with Gasteiger partial charge in [0.25, 0.3) is 0 Å². The molecule has 0 saturated heterocycles. The van der Waals surface area contributed by atoms with Crippen molar-refractivity contribution in [1.82, 2.24) is 9.71 Å². The van der Waals surface area contributed by atoms with E-state index in [1.54, 1.807) is 0 Å². The Balaban J connectivity index is 2.67. The Kier molecular flexibility index (Phi) is 6.24. The number of hydrogen-bond donors (Lipinski definition) is 2. The second-order valence-corrected chi connectivity index (χ2v) is 6.42. The summed E-state index contributed by atoms with van der Waals surface area (Å²) in [6.07, 6.45) is 7.01. The molecule has 1 rings (SSSR count). The first-order valence-corrected chi connectivity index (χ1v) is 8.18. The van der Waals surface area contributed by atoms with Gasteiger partial charge < -0.3 is 5.73 Å². The number of hydrogen-bond acceptors (Lipinski definition) is 4. The van der Waals surface area contributed by atoms with Gasteiger partial charge in [0.2, 0.25) is 10.0 Å². The predicted octanol–water partition coefficient (Wildman–Crippen LogP) is 2.16. The van der Waals surface area contributed by atoms with Crippen LogP contribution in [0.5, 0.6) is 0 Å². The number of nitrogens with zero attached hydrogens (tertiary/aromatic N) is 1. The number of pyridine rings is 1. The van der Waals surface area contributed by atoms with E-state index in [0.29, 0.717) is 12.5 Å². The normalized spacial score (nSPS) is 13.4. The molecule has 0 saturated carbocycles. The van der Waals surface area contributed by atoms with Crippen LogP contribution in [0.3, 0.4) is 0 Å². The third-order valence-electron chi connectivity index (χ3n) is 3.21. The van der Waals surface area contributed by atoms with E-state index >= 15 is 0 Å². The smallest absolute Gasteiger partial charge is 0.244 e. The van der Waals surface area contributed by atoms with Crippen molar-refractivity contribution in [2.24, 2.45) is 5.92 Å². The van der Waals surface area contributed by atoms with Gasteiger partial charge in [0.05, 0.1) is 5.69 Å². The van der Waals surface area contributed by atoms with Gasteiger partial charge in [-0.1, -0.05) is 33.1 Å². The molecule has 0 amide bonds. The van der Waals surface area contributed by atoms with E-state index in [1.165, 1.54) is 18.5 Å². The van der Waals surface area contributed by atoms with E-state index in [4.69, 9.17) is 5.73 Å². The average Bonchev–Trinajstić information content (AvgIpc) is 2.39. The Bertz CT molecular complexity index is 488. The van der Waals surface area contributed by atoms with E-state index in [2.05, 4.69) is 23.6 Å². The molecule has 0 fully saturated rings. The number of sulfonamides is 1. The predicted molar refractivity (Wildman–Crippen MR) is 77.1 cm³/mol. The first-order chi connectivity index (χ1) is 9.01. The van der Waals surface area contributed by atoms with Crippen LogP contribution in [0, 0.1) is 5.92 Å². The molecule has 0 spiro atoms. The van der Waals surface area contributed by atoms with E-state index in [0.717, 1.165) is 25.7 Å². The zero-order chi connectivity index (χ0) is 14.3. The maximum atomic E-state index is 12.1. The summed E-state index contributed by atoms with van der Waals surface area (Å²) < 4.78 is 26.9. The van der Waals surface area contributed by atoms with Crippen molar-refractivity contribution >= 4 is 15.7 Å². The summed E-state index contributed by atoms with van der Waals surface area (Å²) in [7, 11) is -3.56. The summed E-state index contributed by atoms with van der Waals surface area (Å²) in [5, 5.41) is 0. The van der Waals surface area contributed by atoms with Crippen LogP contribution in [0.15, 0.2) is 23.4 Å². The third kappa shape index (κ3) is 4.80. The first kappa shape index (κ1) is 15.9. The highest BCUT2D eigenvalue weighted by Gasteiger charge is 2.18. The van der Waals surface area contributed by atoms with Crippen molar-refractivity contribution in [2.45, 2.75) is 44.4 Å². The van der Waals surface area contributed by atoms with Crippen LogP contribution in [0.1, 0.15) is 39.5 Å². The summed E-state index contributed by atoms with van der Waals surface area (Å²) in [4.78, 5) is 3.87. The molecule has 0 aliphatic carbocycles. The molecule has 0 bridgehead atoms. The Morgan fingerprint density at radius 2 is 2.16 bits per heavy atom. The van der Waals surface area contributed by atoms with Gasteiger partial charge in [-0.2, -0.15) is 0 Å². The quantitative estimate of drug-likeness (QED) is 0.766. The van der Waals surface area contributed by atoms with Crippen LogP contribution in [-0.4, -0.2) is 19.9 Å². The van der Waals surface area contributed by atoms with Crippen molar-refractivity contribution in [1.29, 1.82) is 0 Å². The van der Waals surface area contributed by atoms with Crippen LogP contribution in [0.2, 0.25) is 0 Å². The molecule has 5 nitrogen and oxygen atoms in total. The molecule has 0 aliphatic heterocycles. The second-order valence-electron chi connectivity index (χ2n) is 4.68. The van der Waals surface area contributed by atoms with Crippen molar-refractivity contribution in [3.63, 3.8) is 0 Å². The second kappa shape index (κ2) is 7.45. The number of unbranched alkanes of at least 4 members (excludes halogenated alkanes) is 1. The highest BCUT2D eigenvalue weighted by atomic mass is 32.2. The zero-order valence-corrected chi connectivity index (χ0v) is 12.4. The van der Waals surface area contributed by atoms with Crippen LogP contribution in [0.4, 0.5) is 5.69 Å². The van der Waals surface area contributed by atoms with Crippen LogP contribution in [0.25, 0.3) is 0 Å². The van der Waals surface area contributed by atoms with Gasteiger partial charge >= 0.3 is 0 Å². The van der Waals surface area contributed by atoms with Gasteiger partial charge in [0, 0.05) is 18.9 Å². The molecule has 1 aromatic heterocycles. The molecule has 3 N–H and O–H groups in total. The van der Waals surface area contributed by atoms with Gasteiger partial charge in [-0.05, 0) is 18.4 Å². The van der Waals surface area contributed by atoms with Crippen molar-refractivity contribution < 1.29 is 8.42 Å². The largest absolute Gasteiger partial charge is 0.398 e. The van der Waals surface area contributed by atoms with Crippen LogP contribution >= 0.6 is 0 Å². The number of nitrogen functional groups attached to an aromatic ring is 1. The third-order valence-corrected chi connectivity index (χ3v) is 4.68. The van der Waals surface area contributed by atoms with Crippen molar-refractivity contribution in [3.05, 3.63) is 18.5 Å². The summed E-state index contributed by atoms with van der Waals surface area (Å²) in [6.45, 7) is 4.66. The summed E-state index contributed by atoms with van der Waals surface area (Å²) in [5.41, 5.74) is 5.89. The number of rotatable bonds is 8. The topological polar surface area (TPSA) is 85.1 Å². The fraction of sp³-hybridized carbons (Fsp3) is 0.615. The minimum Gasteiger partial charge on any atom is -0.398 e. The van der Waals surface area contributed by atoms with Gasteiger partial charge in [-0.3, -0.25) is 4.98 Å². The Hall–Kier alpha value is -1.14. The lowest BCUT2D eigenvalue weighted by Gasteiger charge is -2.15. The van der Waals surface area contributed by atoms with E-state index in [9.17, 15) is 8.42 Å². The highest BCUT2D eigenvalue weighted by molar-refractivity contribution is 7.89. The molecule has 0 aromatic carbocycles. The van der Waals surface area contributed by atoms with Crippen molar-refractivity contribution in [2.75, 3.05) is 12.3 Å². The molecule has 1 unspecified atom stereocenters. The monoisotopic (exact) mass is 285 g/mol. The minimum absolute atomic E-state index is 0.0559. The maximum absolute atomic E-state index is 12.1. The van der Waals surface area contributed by atoms with Gasteiger partial charge in [0.15, 0.2) is 0 Å². The van der Waals surface area contributed by atoms with Crippen molar-refractivity contribution in [3.8, 4) is 0 Å².